The van der Waals surface area contributed by atoms with Crippen molar-refractivity contribution in [1.29, 1.82) is 0 Å². The molecule has 0 saturated heterocycles. The number of para-hydroxylation sites is 1. The first kappa shape index (κ1) is 12.8. The zero-order valence-corrected chi connectivity index (χ0v) is 11.9. The number of fused-ring (bicyclic) bond motifs is 2. The number of nitrogens with zero attached hydrogens (tertiary/aromatic N) is 2. The highest BCUT2D eigenvalue weighted by molar-refractivity contribution is 6.30. The van der Waals surface area contributed by atoms with E-state index in [-0.39, 0.29) is 0 Å². The number of hydrogen-bond donors (Lipinski definition) is 0. The lowest BCUT2D eigenvalue weighted by atomic mass is 10.0. The lowest BCUT2D eigenvalue weighted by Crippen LogP contribution is -2.24. The predicted octanol–water partition coefficient (Wildman–Crippen LogP) is 2.50. The molecule has 0 amide bonds. The molecule has 4 rings (SSSR count). The number of rotatable bonds is 3. The quantitative estimate of drug-likeness (QED) is 0.798. The Bertz CT molecular complexity index is 921. The Morgan fingerprint density at radius 3 is 2.68 bits per heavy atom. The van der Waals surface area contributed by atoms with E-state index in [1.54, 1.807) is 0 Å². The highest BCUT2D eigenvalue weighted by atomic mass is 16.6. The van der Waals surface area contributed by atoms with E-state index in [1.165, 1.54) is 0 Å². The van der Waals surface area contributed by atoms with Crippen LogP contribution in [-0.2, 0) is 11.4 Å². The average Bonchev–Trinajstić information content (AvgIpc) is 2.95. The summed E-state index contributed by atoms with van der Waals surface area (Å²) in [6.07, 6.45) is 5.92. The maximum absolute atomic E-state index is 5.53. The van der Waals surface area contributed by atoms with Gasteiger partial charge in [-0.2, -0.15) is 0 Å². The van der Waals surface area contributed by atoms with Gasteiger partial charge in [0, 0.05) is 10.8 Å². The Labute approximate surface area is 128 Å². The zero-order chi connectivity index (χ0) is 14.8. The van der Waals surface area contributed by atoms with E-state index in [0.717, 1.165) is 33.1 Å². The molecule has 3 heteroatoms. The van der Waals surface area contributed by atoms with Crippen LogP contribution >= 0.6 is 0 Å². The Kier molecular flexibility index (Phi) is 3.16. The highest BCUT2D eigenvalue weighted by Gasteiger charge is 2.19. The van der Waals surface area contributed by atoms with Gasteiger partial charge in [0.15, 0.2) is 0 Å². The van der Waals surface area contributed by atoms with Gasteiger partial charge in [0.25, 0.3) is 0 Å². The third-order valence-electron chi connectivity index (χ3n) is 3.67. The molecule has 2 aromatic rings. The molecule has 22 heavy (non-hydrogen) atoms. The van der Waals surface area contributed by atoms with Crippen molar-refractivity contribution in [2.45, 2.75) is 6.61 Å². The van der Waals surface area contributed by atoms with Gasteiger partial charge in [-0.1, -0.05) is 59.8 Å². The first-order valence-electron chi connectivity index (χ1n) is 7.23. The third-order valence-corrected chi connectivity index (χ3v) is 3.67. The summed E-state index contributed by atoms with van der Waals surface area (Å²) in [5.74, 6) is 0. The van der Waals surface area contributed by atoms with Crippen LogP contribution in [0.4, 0.5) is 0 Å². The molecule has 1 heterocycles. The summed E-state index contributed by atoms with van der Waals surface area (Å²) in [5.41, 5.74) is 3.92. The first-order chi connectivity index (χ1) is 10.9. The van der Waals surface area contributed by atoms with Crippen molar-refractivity contribution in [3.8, 4) is 0 Å². The molecular formula is C19H14N2O. The smallest absolute Gasteiger partial charge is 0.142 e. The van der Waals surface area contributed by atoms with Gasteiger partial charge in [0.1, 0.15) is 12.3 Å². The van der Waals surface area contributed by atoms with E-state index >= 15 is 0 Å². The molecule has 3 nitrogen and oxygen atoms in total. The number of oxime groups is 1. The van der Waals surface area contributed by atoms with Crippen LogP contribution in [0.1, 0.15) is 5.56 Å². The molecule has 2 aromatic carbocycles. The third kappa shape index (κ3) is 2.27. The molecule has 0 atom stereocenters. The van der Waals surface area contributed by atoms with Crippen molar-refractivity contribution in [3.63, 3.8) is 0 Å². The van der Waals surface area contributed by atoms with Crippen LogP contribution in [-0.4, -0.2) is 5.71 Å². The van der Waals surface area contributed by atoms with Crippen molar-refractivity contribution in [2.24, 2.45) is 10.1 Å². The molecule has 0 aromatic heterocycles. The average molecular weight is 286 g/mol. The van der Waals surface area contributed by atoms with E-state index in [0.29, 0.717) is 6.61 Å². The standard InChI is InChI=1S/C19H14N2O/c1-2-7-14(8-3-1)13-22-21-18-12-6-11-17-19(18)15-9-4-5-10-16(15)20-17/h1-12H,13H2. The van der Waals surface area contributed by atoms with Gasteiger partial charge in [-0.25, -0.2) is 4.99 Å². The molecular weight excluding hydrogens is 272 g/mol. The topological polar surface area (TPSA) is 34.0 Å². The van der Waals surface area contributed by atoms with Gasteiger partial charge in [0.2, 0.25) is 0 Å². The summed E-state index contributed by atoms with van der Waals surface area (Å²) < 4.78 is 0. The summed E-state index contributed by atoms with van der Waals surface area (Å²) in [5, 5.41) is 6.41. The zero-order valence-electron chi connectivity index (χ0n) is 11.9. The second kappa shape index (κ2) is 5.45. The van der Waals surface area contributed by atoms with Crippen LogP contribution in [0.5, 0.6) is 0 Å². The fourth-order valence-electron chi connectivity index (χ4n) is 2.64. The van der Waals surface area contributed by atoms with Crippen LogP contribution in [0.3, 0.4) is 0 Å². The normalized spacial score (nSPS) is 16.8. The second-order valence-electron chi connectivity index (χ2n) is 5.15. The maximum atomic E-state index is 5.53. The number of allylic oxidation sites excluding steroid dienone is 4. The van der Waals surface area contributed by atoms with E-state index < -0.39 is 0 Å². The Balaban J connectivity index is 1.66. The van der Waals surface area contributed by atoms with Crippen molar-refractivity contribution in [2.75, 3.05) is 0 Å². The van der Waals surface area contributed by atoms with Crippen LogP contribution in [0.25, 0.3) is 5.57 Å². The summed E-state index contributed by atoms with van der Waals surface area (Å²) >= 11 is 0. The Hall–Kier alpha value is -2.94. The van der Waals surface area contributed by atoms with E-state index in [4.69, 9.17) is 4.84 Å². The van der Waals surface area contributed by atoms with Crippen LogP contribution in [0.15, 0.2) is 88.7 Å². The van der Waals surface area contributed by atoms with E-state index in [2.05, 4.69) is 16.2 Å². The van der Waals surface area contributed by atoms with Crippen LogP contribution in [0.2, 0.25) is 0 Å². The molecule has 0 radical (unpaired) electrons. The molecule has 2 aliphatic rings. The molecule has 106 valence electrons. The van der Waals surface area contributed by atoms with E-state index in [1.807, 2.05) is 66.8 Å². The Morgan fingerprint density at radius 1 is 0.955 bits per heavy atom. The van der Waals surface area contributed by atoms with Crippen LogP contribution in [0, 0.1) is 0 Å². The molecule has 1 aliphatic carbocycles. The fraction of sp³-hybridized carbons (Fsp3) is 0.0526. The predicted molar refractivity (Wildman–Crippen MR) is 86.5 cm³/mol. The first-order valence-corrected chi connectivity index (χ1v) is 7.23. The van der Waals surface area contributed by atoms with Crippen molar-refractivity contribution in [1.82, 2.24) is 0 Å². The number of benzene rings is 2. The minimum Gasteiger partial charge on any atom is -0.390 e. The summed E-state index contributed by atoms with van der Waals surface area (Å²) in [4.78, 5) is 10.2. The summed E-state index contributed by atoms with van der Waals surface area (Å²) in [6.45, 7) is 0.462. The second-order valence-corrected chi connectivity index (χ2v) is 5.15. The van der Waals surface area contributed by atoms with Gasteiger partial charge < -0.3 is 4.84 Å². The van der Waals surface area contributed by atoms with Gasteiger partial charge in [-0.3, -0.25) is 0 Å². The van der Waals surface area contributed by atoms with Gasteiger partial charge in [-0.15, -0.1) is 0 Å². The molecule has 1 aliphatic heterocycles. The highest BCUT2D eigenvalue weighted by Crippen LogP contribution is 2.21. The van der Waals surface area contributed by atoms with Crippen LogP contribution < -0.4 is 10.6 Å². The van der Waals surface area contributed by atoms with Gasteiger partial charge >= 0.3 is 0 Å². The molecule has 0 spiro atoms. The van der Waals surface area contributed by atoms with Crippen molar-refractivity contribution < 1.29 is 4.84 Å². The lowest BCUT2D eigenvalue weighted by Gasteiger charge is -2.08. The monoisotopic (exact) mass is 286 g/mol. The molecule has 0 fully saturated rings. The molecule has 0 bridgehead atoms. The van der Waals surface area contributed by atoms with E-state index in [9.17, 15) is 0 Å². The maximum Gasteiger partial charge on any atom is 0.142 e. The lowest BCUT2D eigenvalue weighted by molar-refractivity contribution is 0.131. The Morgan fingerprint density at radius 2 is 1.77 bits per heavy atom. The molecule has 0 saturated carbocycles. The largest absolute Gasteiger partial charge is 0.390 e. The SMILES string of the molecule is C1=CC(=NOCc2ccccc2)C2=c3ccccc3=NC2=C1. The summed E-state index contributed by atoms with van der Waals surface area (Å²) in [7, 11) is 0. The van der Waals surface area contributed by atoms with Crippen molar-refractivity contribution in [3.05, 3.63) is 94.7 Å². The summed E-state index contributed by atoms with van der Waals surface area (Å²) in [6, 6.07) is 18.1. The fourth-order valence-corrected chi connectivity index (χ4v) is 2.64. The molecule has 0 unspecified atom stereocenters. The van der Waals surface area contributed by atoms with Crippen molar-refractivity contribution >= 4 is 11.3 Å². The number of hydrogen-bond acceptors (Lipinski definition) is 3. The van der Waals surface area contributed by atoms with Gasteiger partial charge in [0.05, 0.1) is 11.1 Å². The molecule has 0 N–H and O–H groups in total. The minimum atomic E-state index is 0.462. The van der Waals surface area contributed by atoms with Gasteiger partial charge in [-0.05, 0) is 23.8 Å². The minimum absolute atomic E-state index is 0.462.